The molecule has 26 heavy (non-hydrogen) atoms. The van der Waals surface area contributed by atoms with Crippen LogP contribution >= 0.6 is 12.2 Å². The highest BCUT2D eigenvalue weighted by molar-refractivity contribution is 7.71. The first kappa shape index (κ1) is 17.3. The number of hydrogen-bond acceptors (Lipinski definition) is 7. The summed E-state index contributed by atoms with van der Waals surface area (Å²) in [5, 5.41) is 37.1. The van der Waals surface area contributed by atoms with Gasteiger partial charge >= 0.3 is 6.03 Å². The van der Waals surface area contributed by atoms with Crippen molar-refractivity contribution in [1.82, 2.24) is 9.55 Å². The zero-order valence-electron chi connectivity index (χ0n) is 14.1. The summed E-state index contributed by atoms with van der Waals surface area (Å²) in [5.74, 6) is 0.684. The van der Waals surface area contributed by atoms with Crippen LogP contribution in [0.5, 0.6) is 0 Å². The Morgan fingerprint density at radius 2 is 2.19 bits per heavy atom. The molecule has 2 aromatic rings. The molecule has 5 N–H and O–H groups in total. The van der Waals surface area contributed by atoms with Crippen molar-refractivity contribution in [2.45, 2.75) is 37.9 Å². The molecule has 0 aromatic carbocycles. The molecule has 0 radical (unpaired) electrons. The molecule has 0 spiro atoms. The van der Waals surface area contributed by atoms with Gasteiger partial charge < -0.3 is 24.6 Å². The number of carbonyl (C=O) groups excluding carboxylic acids is 1. The number of aromatic nitrogens is 2. The Hall–Kier alpha value is -2.11. The number of amides is 2. The molecule has 1 saturated heterocycles. The fourth-order valence-electron chi connectivity index (χ4n) is 3.56. The fourth-order valence-corrected chi connectivity index (χ4v) is 3.83. The number of urea groups is 1. The first-order chi connectivity index (χ1) is 12.2. The lowest BCUT2D eigenvalue weighted by Gasteiger charge is -2.29. The summed E-state index contributed by atoms with van der Waals surface area (Å²) in [6.07, 6.45) is -1.55. The monoisotopic (exact) mass is 378 g/mol. The molecule has 138 valence electrons. The number of aliphatic hydroxyl groups is 3. The van der Waals surface area contributed by atoms with Gasteiger partial charge in [0.15, 0.2) is 6.23 Å². The van der Waals surface area contributed by atoms with E-state index >= 15 is 0 Å². The summed E-state index contributed by atoms with van der Waals surface area (Å²) < 4.78 is 7.57. The normalized spacial score (nSPS) is 30.3. The van der Waals surface area contributed by atoms with Crippen LogP contribution in [-0.2, 0) is 4.74 Å². The Kier molecular flexibility index (Phi) is 3.79. The molecular formula is C16H18N4O5S. The Balaban J connectivity index is 2.00. The van der Waals surface area contributed by atoms with Crippen molar-refractivity contribution in [1.29, 1.82) is 0 Å². The van der Waals surface area contributed by atoms with Crippen LogP contribution in [0.25, 0.3) is 10.8 Å². The van der Waals surface area contributed by atoms with Crippen LogP contribution in [0.4, 0.5) is 16.4 Å². The molecule has 0 aliphatic carbocycles. The third-order valence-corrected chi connectivity index (χ3v) is 5.12. The first-order valence-electron chi connectivity index (χ1n) is 8.05. The van der Waals surface area contributed by atoms with Gasteiger partial charge in [-0.1, -0.05) is 12.2 Å². The number of rotatable bonds is 2. The number of nitrogens with zero attached hydrogens (tertiary/aromatic N) is 2. The molecule has 9 nitrogen and oxygen atoms in total. The SMILES string of the molecule is Cc1cc(=S)nc2c3c(n(C4O[C@H](CO)[C@@H](O)[C@]4(C)O)cc13)NC(=O)N2. The molecule has 2 aliphatic heterocycles. The van der Waals surface area contributed by atoms with E-state index in [1.807, 2.05) is 6.92 Å². The maximum absolute atomic E-state index is 12.1. The van der Waals surface area contributed by atoms with Crippen LogP contribution < -0.4 is 10.6 Å². The third-order valence-electron chi connectivity index (χ3n) is 4.91. The molecule has 10 heteroatoms. The molecule has 1 unspecified atom stereocenters. The Morgan fingerprint density at radius 1 is 1.46 bits per heavy atom. The fraction of sp³-hybridized carbons (Fsp3) is 0.438. The van der Waals surface area contributed by atoms with Crippen molar-refractivity contribution in [2.24, 2.45) is 0 Å². The Labute approximate surface area is 153 Å². The van der Waals surface area contributed by atoms with Crippen molar-refractivity contribution in [3.63, 3.8) is 0 Å². The average molecular weight is 378 g/mol. The summed E-state index contributed by atoms with van der Waals surface area (Å²) in [7, 11) is 0. The van der Waals surface area contributed by atoms with E-state index < -0.39 is 36.7 Å². The highest BCUT2D eigenvalue weighted by Crippen LogP contribution is 2.44. The number of carbonyl (C=O) groups is 1. The van der Waals surface area contributed by atoms with Gasteiger partial charge in [0.05, 0.1) is 12.0 Å². The lowest BCUT2D eigenvalue weighted by Crippen LogP contribution is -2.44. The lowest BCUT2D eigenvalue weighted by atomic mass is 9.96. The minimum Gasteiger partial charge on any atom is -0.394 e. The predicted molar refractivity (Wildman–Crippen MR) is 95.6 cm³/mol. The number of aliphatic hydroxyl groups excluding tert-OH is 2. The van der Waals surface area contributed by atoms with E-state index in [0.717, 1.165) is 10.9 Å². The summed E-state index contributed by atoms with van der Waals surface area (Å²) in [5.41, 5.74) is -0.847. The van der Waals surface area contributed by atoms with Crippen LogP contribution in [0.1, 0.15) is 18.7 Å². The van der Waals surface area contributed by atoms with Crippen LogP contribution in [0.3, 0.4) is 0 Å². The smallest absolute Gasteiger partial charge is 0.326 e. The van der Waals surface area contributed by atoms with Gasteiger partial charge in [-0.25, -0.2) is 9.78 Å². The zero-order chi connectivity index (χ0) is 18.8. The molecule has 4 atom stereocenters. The zero-order valence-corrected chi connectivity index (χ0v) is 14.9. The van der Waals surface area contributed by atoms with Crippen LogP contribution in [0, 0.1) is 11.6 Å². The quantitative estimate of drug-likeness (QED) is 0.494. The summed E-state index contributed by atoms with van der Waals surface area (Å²) in [4.78, 5) is 16.3. The van der Waals surface area contributed by atoms with E-state index in [9.17, 15) is 20.1 Å². The van der Waals surface area contributed by atoms with Crippen molar-refractivity contribution in [2.75, 3.05) is 17.2 Å². The topological polar surface area (TPSA) is 129 Å². The van der Waals surface area contributed by atoms with E-state index in [2.05, 4.69) is 15.6 Å². The average Bonchev–Trinajstić information content (AvgIpc) is 2.99. The van der Waals surface area contributed by atoms with Crippen molar-refractivity contribution in [3.8, 4) is 0 Å². The van der Waals surface area contributed by atoms with Crippen molar-refractivity contribution in [3.05, 3.63) is 22.5 Å². The van der Waals surface area contributed by atoms with Crippen LogP contribution in [0.15, 0.2) is 12.3 Å². The van der Waals surface area contributed by atoms with E-state index in [-0.39, 0.29) is 0 Å². The summed E-state index contributed by atoms with van der Waals surface area (Å²) in [6.45, 7) is 2.84. The summed E-state index contributed by atoms with van der Waals surface area (Å²) in [6, 6.07) is 1.22. The van der Waals surface area contributed by atoms with Crippen molar-refractivity contribution < 1.29 is 24.9 Å². The Morgan fingerprint density at radius 3 is 2.85 bits per heavy atom. The molecular weight excluding hydrogens is 360 g/mol. The van der Waals surface area contributed by atoms with E-state index in [1.54, 1.807) is 16.8 Å². The van der Waals surface area contributed by atoms with Gasteiger partial charge in [0.2, 0.25) is 0 Å². The second kappa shape index (κ2) is 5.69. The van der Waals surface area contributed by atoms with Gasteiger partial charge in [-0.2, -0.15) is 0 Å². The molecule has 0 saturated carbocycles. The third kappa shape index (κ3) is 2.34. The lowest BCUT2D eigenvalue weighted by molar-refractivity contribution is -0.0954. The van der Waals surface area contributed by atoms with E-state index in [0.29, 0.717) is 21.7 Å². The molecule has 4 rings (SSSR count). The van der Waals surface area contributed by atoms with Gasteiger partial charge in [-0.05, 0) is 25.5 Å². The maximum Gasteiger partial charge on any atom is 0.326 e. The Bertz CT molecular complexity index is 989. The number of ether oxygens (including phenoxy) is 1. The molecule has 4 heterocycles. The minimum atomic E-state index is -1.68. The van der Waals surface area contributed by atoms with Crippen molar-refractivity contribution >= 4 is 40.7 Å². The molecule has 2 aliphatic rings. The summed E-state index contributed by atoms with van der Waals surface area (Å²) >= 11 is 5.19. The van der Waals surface area contributed by atoms with Crippen LogP contribution in [-0.4, -0.2) is 55.3 Å². The van der Waals surface area contributed by atoms with Gasteiger partial charge in [0.25, 0.3) is 0 Å². The minimum absolute atomic E-state index is 0.312. The highest BCUT2D eigenvalue weighted by atomic mass is 32.1. The van der Waals surface area contributed by atoms with Crippen LogP contribution in [0.2, 0.25) is 0 Å². The number of aryl methyl sites for hydroxylation is 1. The van der Waals surface area contributed by atoms with Gasteiger partial charge in [0, 0.05) is 11.6 Å². The first-order valence-corrected chi connectivity index (χ1v) is 8.46. The van der Waals surface area contributed by atoms with Gasteiger partial charge in [-0.15, -0.1) is 0 Å². The largest absolute Gasteiger partial charge is 0.394 e. The second-order valence-electron chi connectivity index (χ2n) is 6.76. The molecule has 2 aromatic heterocycles. The second-order valence-corrected chi connectivity index (χ2v) is 7.18. The highest BCUT2D eigenvalue weighted by Gasteiger charge is 2.53. The molecule has 0 bridgehead atoms. The van der Waals surface area contributed by atoms with E-state index in [1.165, 1.54) is 6.92 Å². The van der Waals surface area contributed by atoms with Gasteiger partial charge in [-0.3, -0.25) is 10.6 Å². The molecule has 2 amide bonds. The number of hydrogen-bond donors (Lipinski definition) is 5. The number of anilines is 2. The standard InChI is InChI=1S/C16H18N4O5S/c1-6-3-9(26)17-12-10-7(6)4-20(13(10)19-15(23)18-12)14-16(2,24)11(22)8(5-21)25-14/h3-4,8,11,14,21-22,24H,5H2,1-2H3,(H2,17,18,19,23,26)/t8-,11-,14?,16+/m1/s1. The maximum atomic E-state index is 12.1. The van der Waals surface area contributed by atoms with E-state index in [4.69, 9.17) is 17.0 Å². The van der Waals surface area contributed by atoms with Gasteiger partial charge in [0.1, 0.15) is 34.1 Å². The predicted octanol–water partition coefficient (Wildman–Crippen LogP) is 1.03. The number of nitrogens with one attached hydrogen (secondary N) is 2. The molecule has 1 fully saturated rings.